The monoisotopic (exact) mass is 429 g/mol. The molecule has 1 saturated heterocycles. The van der Waals surface area contributed by atoms with Crippen molar-refractivity contribution in [3.05, 3.63) is 65.2 Å². The van der Waals surface area contributed by atoms with Crippen molar-refractivity contribution in [3.63, 3.8) is 0 Å². The van der Waals surface area contributed by atoms with Crippen molar-refractivity contribution in [2.24, 2.45) is 5.92 Å². The van der Waals surface area contributed by atoms with Crippen LogP contribution in [0.4, 0.5) is 0 Å². The first-order valence-electron chi connectivity index (χ1n) is 9.92. The topological polar surface area (TPSA) is 95.6 Å². The second kappa shape index (κ2) is 9.40. The lowest BCUT2D eigenvalue weighted by molar-refractivity contribution is -0.129. The molecule has 2 amide bonds. The number of hydrogen-bond donors (Lipinski definition) is 2. The molecule has 0 spiro atoms. The molecule has 0 aromatic heterocycles. The third-order valence-corrected chi connectivity index (χ3v) is 6.75. The zero-order valence-electron chi connectivity index (χ0n) is 17.2. The first-order valence-corrected chi connectivity index (χ1v) is 11.4. The third kappa shape index (κ3) is 5.46. The quantitative estimate of drug-likeness (QED) is 0.625. The molecule has 8 heteroatoms. The van der Waals surface area contributed by atoms with E-state index in [1.807, 2.05) is 43.3 Å². The van der Waals surface area contributed by atoms with Crippen molar-refractivity contribution in [2.75, 3.05) is 19.6 Å². The van der Waals surface area contributed by atoms with Crippen LogP contribution in [0.2, 0.25) is 0 Å². The number of sulfonamides is 1. The van der Waals surface area contributed by atoms with Crippen molar-refractivity contribution in [3.8, 4) is 0 Å². The number of nitrogens with zero attached hydrogens (tertiary/aromatic N) is 1. The van der Waals surface area contributed by atoms with Crippen molar-refractivity contribution in [2.45, 2.75) is 31.7 Å². The van der Waals surface area contributed by atoms with Gasteiger partial charge in [-0.15, -0.1) is 0 Å². The summed E-state index contributed by atoms with van der Waals surface area (Å²) in [7, 11) is -3.65. The molecule has 1 fully saturated rings. The third-order valence-electron chi connectivity index (χ3n) is 5.15. The second-order valence-electron chi connectivity index (χ2n) is 7.62. The van der Waals surface area contributed by atoms with Gasteiger partial charge in [-0.2, -0.15) is 0 Å². The van der Waals surface area contributed by atoms with Crippen molar-refractivity contribution in [1.29, 1.82) is 0 Å². The normalized spacial score (nSPS) is 16.7. The summed E-state index contributed by atoms with van der Waals surface area (Å²) in [5.74, 6) is -0.698. The average molecular weight is 430 g/mol. The number of carbonyl (C=O) groups excluding carboxylic acids is 2. The van der Waals surface area contributed by atoms with E-state index in [2.05, 4.69) is 10.0 Å². The van der Waals surface area contributed by atoms with E-state index in [4.69, 9.17) is 0 Å². The smallest absolute Gasteiger partial charge is 0.240 e. The summed E-state index contributed by atoms with van der Waals surface area (Å²) >= 11 is 0. The molecule has 0 aliphatic carbocycles. The van der Waals surface area contributed by atoms with Crippen LogP contribution in [0.25, 0.3) is 0 Å². The minimum atomic E-state index is -3.65. The van der Waals surface area contributed by atoms with Crippen LogP contribution in [0.3, 0.4) is 0 Å². The molecule has 160 valence electrons. The zero-order chi connectivity index (χ0) is 21.7. The maximum absolute atomic E-state index is 12.5. The van der Waals surface area contributed by atoms with E-state index in [1.54, 1.807) is 24.0 Å². The van der Waals surface area contributed by atoms with Crippen LogP contribution in [0, 0.1) is 19.8 Å². The number of hydrogen-bond acceptors (Lipinski definition) is 4. The molecule has 1 atom stereocenters. The number of nitrogens with one attached hydrogen (secondary N) is 2. The van der Waals surface area contributed by atoms with E-state index in [-0.39, 0.29) is 36.2 Å². The molecule has 1 heterocycles. The number of amides is 2. The minimum Gasteiger partial charge on any atom is -0.354 e. The van der Waals surface area contributed by atoms with Gasteiger partial charge in [0.05, 0.1) is 10.8 Å². The lowest BCUT2D eigenvalue weighted by Crippen LogP contribution is -2.38. The summed E-state index contributed by atoms with van der Waals surface area (Å²) in [6.07, 6.45) is 0.173. The summed E-state index contributed by atoms with van der Waals surface area (Å²) in [5.41, 5.74) is 2.55. The highest BCUT2D eigenvalue weighted by Crippen LogP contribution is 2.20. The number of likely N-dealkylation sites (tertiary alicyclic amines) is 1. The molecule has 2 aromatic rings. The van der Waals surface area contributed by atoms with E-state index < -0.39 is 15.9 Å². The van der Waals surface area contributed by atoms with Gasteiger partial charge in [0.1, 0.15) is 0 Å². The molecule has 0 bridgehead atoms. The van der Waals surface area contributed by atoms with E-state index in [1.165, 1.54) is 0 Å². The van der Waals surface area contributed by atoms with Crippen molar-refractivity contribution < 1.29 is 18.0 Å². The molecule has 0 saturated carbocycles. The molecule has 2 aromatic carbocycles. The van der Waals surface area contributed by atoms with Crippen LogP contribution in [-0.4, -0.2) is 44.8 Å². The summed E-state index contributed by atoms with van der Waals surface area (Å²) in [6, 6.07) is 14.9. The highest BCUT2D eigenvalue weighted by atomic mass is 32.2. The Hall–Kier alpha value is -2.71. The summed E-state index contributed by atoms with van der Waals surface area (Å²) in [5, 5.41) is 2.73. The fraction of sp³-hybridized carbons (Fsp3) is 0.364. The largest absolute Gasteiger partial charge is 0.354 e. The second-order valence-corrected chi connectivity index (χ2v) is 9.35. The first kappa shape index (κ1) is 22.0. The van der Waals surface area contributed by atoms with Gasteiger partial charge in [-0.3, -0.25) is 9.59 Å². The first-order chi connectivity index (χ1) is 14.3. The van der Waals surface area contributed by atoms with E-state index in [9.17, 15) is 18.0 Å². The fourth-order valence-corrected chi connectivity index (χ4v) is 4.85. The van der Waals surface area contributed by atoms with Crippen molar-refractivity contribution >= 4 is 21.8 Å². The van der Waals surface area contributed by atoms with Gasteiger partial charge in [0.25, 0.3) is 0 Å². The Bertz CT molecular complexity index is 1020. The molecule has 1 aliphatic heterocycles. The van der Waals surface area contributed by atoms with E-state index in [0.717, 1.165) is 11.1 Å². The molecule has 3 rings (SSSR count). The summed E-state index contributed by atoms with van der Waals surface area (Å²) in [6.45, 7) is 4.67. The predicted molar refractivity (Wildman–Crippen MR) is 114 cm³/mol. The lowest BCUT2D eigenvalue weighted by atomic mass is 10.1. The Labute approximate surface area is 177 Å². The highest BCUT2D eigenvalue weighted by molar-refractivity contribution is 7.89. The van der Waals surface area contributed by atoms with Crippen LogP contribution >= 0.6 is 0 Å². The summed E-state index contributed by atoms with van der Waals surface area (Å²) < 4.78 is 27.5. The number of carbonyl (C=O) groups is 2. The molecule has 1 unspecified atom stereocenters. The minimum absolute atomic E-state index is 0.0466. The van der Waals surface area contributed by atoms with Crippen LogP contribution in [-0.2, 0) is 26.2 Å². The molecule has 2 N–H and O–H groups in total. The molecule has 30 heavy (non-hydrogen) atoms. The maximum atomic E-state index is 12.5. The Morgan fingerprint density at radius 3 is 2.57 bits per heavy atom. The van der Waals surface area contributed by atoms with Gasteiger partial charge in [-0.25, -0.2) is 13.1 Å². The molecule has 7 nitrogen and oxygen atoms in total. The van der Waals surface area contributed by atoms with Gasteiger partial charge in [0.2, 0.25) is 21.8 Å². The van der Waals surface area contributed by atoms with Crippen LogP contribution in [0.5, 0.6) is 0 Å². The predicted octanol–water partition coefficient (Wildman–Crippen LogP) is 1.75. The Morgan fingerprint density at radius 2 is 1.83 bits per heavy atom. The summed E-state index contributed by atoms with van der Waals surface area (Å²) in [4.78, 5) is 26.6. The number of rotatable bonds is 8. The number of benzene rings is 2. The molecular weight excluding hydrogens is 402 g/mol. The average Bonchev–Trinajstić information content (AvgIpc) is 3.08. The van der Waals surface area contributed by atoms with Crippen LogP contribution in [0.1, 0.15) is 23.1 Å². The van der Waals surface area contributed by atoms with Gasteiger partial charge < -0.3 is 10.2 Å². The van der Waals surface area contributed by atoms with E-state index in [0.29, 0.717) is 18.7 Å². The van der Waals surface area contributed by atoms with Gasteiger partial charge in [0.15, 0.2) is 0 Å². The van der Waals surface area contributed by atoms with Gasteiger partial charge in [-0.1, -0.05) is 42.5 Å². The van der Waals surface area contributed by atoms with Crippen LogP contribution in [0.15, 0.2) is 53.4 Å². The number of aryl methyl sites for hydroxylation is 2. The van der Waals surface area contributed by atoms with Crippen molar-refractivity contribution in [1.82, 2.24) is 14.9 Å². The van der Waals surface area contributed by atoms with Gasteiger partial charge in [0, 0.05) is 32.6 Å². The lowest BCUT2D eigenvalue weighted by Gasteiger charge is -2.16. The molecular formula is C22H27N3O4S. The standard InChI is InChI=1S/C22H27N3O4S/c1-16-8-9-17(2)20(12-16)30(28,29)24-11-10-23-22(27)19-13-21(26)25(15-19)14-18-6-4-3-5-7-18/h3-9,12,19,24H,10-11,13-15H2,1-2H3,(H,23,27). The maximum Gasteiger partial charge on any atom is 0.240 e. The van der Waals surface area contributed by atoms with Crippen LogP contribution < -0.4 is 10.0 Å². The Kier molecular flexibility index (Phi) is 6.89. The molecule has 0 radical (unpaired) electrons. The molecule has 1 aliphatic rings. The Balaban J connectivity index is 1.47. The fourth-order valence-electron chi connectivity index (χ4n) is 3.49. The SMILES string of the molecule is Cc1ccc(C)c(S(=O)(=O)NCCNC(=O)C2CC(=O)N(Cc3ccccc3)C2)c1. The van der Waals surface area contributed by atoms with Gasteiger partial charge in [-0.05, 0) is 36.6 Å². The zero-order valence-corrected chi connectivity index (χ0v) is 18.0. The Morgan fingerprint density at radius 1 is 1.10 bits per heavy atom. The van der Waals surface area contributed by atoms with Gasteiger partial charge >= 0.3 is 0 Å². The van der Waals surface area contributed by atoms with E-state index >= 15 is 0 Å². The highest BCUT2D eigenvalue weighted by Gasteiger charge is 2.34.